The standard InChI is InChI=1S/C19H22ClNO3/c1-23-18(22)16-9-12-24-17(16)13-21-19(10-3-2-4-11-19)14-5-7-15(20)8-6-14/h5-9,12,21H,2-4,10-11,13H2,1H3. The summed E-state index contributed by atoms with van der Waals surface area (Å²) in [6, 6.07) is 9.69. The van der Waals surface area contributed by atoms with E-state index >= 15 is 0 Å². The van der Waals surface area contributed by atoms with Crippen molar-refractivity contribution < 1.29 is 13.9 Å². The quantitative estimate of drug-likeness (QED) is 0.798. The summed E-state index contributed by atoms with van der Waals surface area (Å²) in [5.74, 6) is 0.241. The minimum Gasteiger partial charge on any atom is -0.467 e. The van der Waals surface area contributed by atoms with Crippen LogP contribution >= 0.6 is 11.6 Å². The van der Waals surface area contributed by atoms with Crippen molar-refractivity contribution in [3.05, 3.63) is 58.5 Å². The second-order valence-corrected chi connectivity index (χ2v) is 6.69. The molecule has 1 aliphatic rings. The van der Waals surface area contributed by atoms with Crippen molar-refractivity contribution >= 4 is 17.6 Å². The summed E-state index contributed by atoms with van der Waals surface area (Å²) in [6.07, 6.45) is 7.26. The zero-order valence-corrected chi connectivity index (χ0v) is 14.6. The Morgan fingerprint density at radius 2 is 1.92 bits per heavy atom. The highest BCUT2D eigenvalue weighted by atomic mass is 35.5. The Balaban J connectivity index is 1.82. The number of rotatable bonds is 5. The van der Waals surface area contributed by atoms with Gasteiger partial charge in [0.05, 0.1) is 19.9 Å². The first-order chi connectivity index (χ1) is 11.6. The third-order valence-electron chi connectivity index (χ3n) is 4.84. The molecule has 1 N–H and O–H groups in total. The van der Waals surface area contributed by atoms with Crippen molar-refractivity contribution in [2.24, 2.45) is 0 Å². The SMILES string of the molecule is COC(=O)c1ccoc1CNC1(c2ccc(Cl)cc2)CCCCC1. The zero-order chi connectivity index (χ0) is 17.0. The monoisotopic (exact) mass is 347 g/mol. The molecule has 0 atom stereocenters. The van der Waals surface area contributed by atoms with Crippen LogP contribution in [0.25, 0.3) is 0 Å². The lowest BCUT2D eigenvalue weighted by atomic mass is 9.76. The van der Waals surface area contributed by atoms with E-state index in [9.17, 15) is 4.79 Å². The summed E-state index contributed by atoms with van der Waals surface area (Å²) < 4.78 is 10.3. The predicted molar refractivity (Wildman–Crippen MR) is 93.1 cm³/mol. The van der Waals surface area contributed by atoms with E-state index in [-0.39, 0.29) is 11.5 Å². The Morgan fingerprint density at radius 3 is 2.58 bits per heavy atom. The number of esters is 1. The van der Waals surface area contributed by atoms with Crippen LogP contribution in [0.15, 0.2) is 41.0 Å². The molecule has 128 valence electrons. The van der Waals surface area contributed by atoms with E-state index in [1.807, 2.05) is 12.1 Å². The Bertz CT molecular complexity index is 687. The van der Waals surface area contributed by atoms with Crippen molar-refractivity contribution in [1.82, 2.24) is 5.32 Å². The maximum atomic E-state index is 11.8. The first-order valence-electron chi connectivity index (χ1n) is 8.30. The molecule has 3 rings (SSSR count). The molecule has 0 radical (unpaired) electrons. The first kappa shape index (κ1) is 17.1. The van der Waals surface area contributed by atoms with Crippen molar-refractivity contribution in [3.63, 3.8) is 0 Å². The van der Waals surface area contributed by atoms with Gasteiger partial charge in [-0.1, -0.05) is 43.0 Å². The predicted octanol–water partition coefficient (Wildman–Crippen LogP) is 4.67. The van der Waals surface area contributed by atoms with Crippen LogP contribution in [0.2, 0.25) is 5.02 Å². The fourth-order valence-electron chi connectivity index (χ4n) is 3.51. The molecule has 0 aliphatic heterocycles. The molecule has 2 aromatic rings. The van der Waals surface area contributed by atoms with Gasteiger partial charge in [0.1, 0.15) is 11.3 Å². The van der Waals surface area contributed by atoms with Gasteiger partial charge in [0, 0.05) is 10.6 Å². The lowest BCUT2D eigenvalue weighted by Crippen LogP contribution is -2.43. The number of hydrogen-bond acceptors (Lipinski definition) is 4. The van der Waals surface area contributed by atoms with Crippen LogP contribution < -0.4 is 5.32 Å². The van der Waals surface area contributed by atoms with Crippen molar-refractivity contribution in [2.75, 3.05) is 7.11 Å². The van der Waals surface area contributed by atoms with E-state index in [2.05, 4.69) is 17.4 Å². The number of furan rings is 1. The Labute approximate surface area is 147 Å². The number of benzene rings is 1. The van der Waals surface area contributed by atoms with Gasteiger partial charge in [-0.25, -0.2) is 4.79 Å². The molecule has 5 heteroatoms. The molecule has 1 saturated carbocycles. The molecule has 1 aliphatic carbocycles. The fraction of sp³-hybridized carbons (Fsp3) is 0.421. The molecule has 0 spiro atoms. The zero-order valence-electron chi connectivity index (χ0n) is 13.8. The van der Waals surface area contributed by atoms with E-state index in [4.69, 9.17) is 20.8 Å². The number of carbonyl (C=O) groups excluding carboxylic acids is 1. The number of nitrogens with one attached hydrogen (secondary N) is 1. The van der Waals surface area contributed by atoms with Gasteiger partial charge in [-0.3, -0.25) is 0 Å². The summed E-state index contributed by atoms with van der Waals surface area (Å²) >= 11 is 6.04. The molecule has 0 amide bonds. The van der Waals surface area contributed by atoms with Crippen LogP contribution in [-0.2, 0) is 16.8 Å². The molecule has 1 fully saturated rings. The van der Waals surface area contributed by atoms with Crippen LogP contribution in [0, 0.1) is 0 Å². The molecule has 0 unspecified atom stereocenters. The van der Waals surface area contributed by atoms with Gasteiger partial charge >= 0.3 is 5.97 Å². The second-order valence-electron chi connectivity index (χ2n) is 6.25. The molecular weight excluding hydrogens is 326 g/mol. The fourth-order valence-corrected chi connectivity index (χ4v) is 3.64. The lowest BCUT2D eigenvalue weighted by molar-refractivity contribution is 0.0597. The van der Waals surface area contributed by atoms with Gasteiger partial charge < -0.3 is 14.5 Å². The summed E-state index contributed by atoms with van der Waals surface area (Å²) in [5, 5.41) is 4.39. The second kappa shape index (κ2) is 7.41. The van der Waals surface area contributed by atoms with Gasteiger partial charge in [-0.05, 0) is 36.6 Å². The highest BCUT2D eigenvalue weighted by molar-refractivity contribution is 6.30. The maximum Gasteiger partial charge on any atom is 0.341 e. The van der Waals surface area contributed by atoms with Crippen molar-refractivity contribution in [2.45, 2.75) is 44.2 Å². The average Bonchev–Trinajstić information content (AvgIpc) is 3.09. The van der Waals surface area contributed by atoms with Gasteiger partial charge in [0.15, 0.2) is 0 Å². The summed E-state index contributed by atoms with van der Waals surface area (Å²) in [7, 11) is 1.38. The van der Waals surface area contributed by atoms with E-state index in [1.54, 1.807) is 6.07 Å². The van der Waals surface area contributed by atoms with Gasteiger partial charge in [-0.2, -0.15) is 0 Å². The van der Waals surface area contributed by atoms with E-state index in [1.165, 1.54) is 38.2 Å². The lowest BCUT2D eigenvalue weighted by Gasteiger charge is -2.39. The first-order valence-corrected chi connectivity index (χ1v) is 8.68. The van der Waals surface area contributed by atoms with Gasteiger partial charge in [0.2, 0.25) is 0 Å². The molecule has 1 aromatic carbocycles. The van der Waals surface area contributed by atoms with E-state index < -0.39 is 0 Å². The van der Waals surface area contributed by atoms with E-state index in [0.717, 1.165) is 17.9 Å². The number of carbonyl (C=O) groups is 1. The molecule has 4 nitrogen and oxygen atoms in total. The summed E-state index contributed by atoms with van der Waals surface area (Å²) in [5.41, 5.74) is 1.60. The number of ether oxygens (including phenoxy) is 1. The highest BCUT2D eigenvalue weighted by Gasteiger charge is 2.34. The normalized spacial score (nSPS) is 16.8. The molecule has 1 heterocycles. The van der Waals surface area contributed by atoms with Crippen molar-refractivity contribution in [3.8, 4) is 0 Å². The molecular formula is C19H22ClNO3. The minimum atomic E-state index is -0.371. The summed E-state index contributed by atoms with van der Waals surface area (Å²) in [6.45, 7) is 0.486. The third-order valence-corrected chi connectivity index (χ3v) is 5.09. The minimum absolute atomic E-state index is 0.108. The Hall–Kier alpha value is -1.78. The Morgan fingerprint density at radius 1 is 1.21 bits per heavy atom. The van der Waals surface area contributed by atoms with Crippen LogP contribution in [0.5, 0.6) is 0 Å². The molecule has 1 aromatic heterocycles. The number of methoxy groups -OCH3 is 1. The van der Waals surface area contributed by atoms with Crippen LogP contribution in [0.4, 0.5) is 0 Å². The maximum absolute atomic E-state index is 11.8. The van der Waals surface area contributed by atoms with Gasteiger partial charge in [0.25, 0.3) is 0 Å². The molecule has 24 heavy (non-hydrogen) atoms. The van der Waals surface area contributed by atoms with Gasteiger partial charge in [-0.15, -0.1) is 0 Å². The highest BCUT2D eigenvalue weighted by Crippen LogP contribution is 2.38. The Kier molecular flexibility index (Phi) is 5.27. The van der Waals surface area contributed by atoms with E-state index in [0.29, 0.717) is 17.9 Å². The average molecular weight is 348 g/mol. The number of halogens is 1. The van der Waals surface area contributed by atoms with Crippen LogP contribution in [0.1, 0.15) is 53.8 Å². The third kappa shape index (κ3) is 3.50. The smallest absolute Gasteiger partial charge is 0.341 e. The van der Waals surface area contributed by atoms with Crippen LogP contribution in [0.3, 0.4) is 0 Å². The summed E-state index contributed by atoms with van der Waals surface area (Å²) in [4.78, 5) is 11.8. The van der Waals surface area contributed by atoms with Crippen molar-refractivity contribution in [1.29, 1.82) is 0 Å². The molecule has 0 bridgehead atoms. The number of hydrogen-bond donors (Lipinski definition) is 1. The largest absolute Gasteiger partial charge is 0.467 e. The molecule has 0 saturated heterocycles. The topological polar surface area (TPSA) is 51.5 Å². The van der Waals surface area contributed by atoms with Crippen LogP contribution in [-0.4, -0.2) is 13.1 Å².